The Morgan fingerprint density at radius 3 is 2.74 bits per heavy atom. The average molecular weight is 362 g/mol. The van der Waals surface area contributed by atoms with Crippen LogP contribution in [0.3, 0.4) is 0 Å². The molecule has 0 N–H and O–H groups in total. The van der Waals surface area contributed by atoms with E-state index in [9.17, 15) is 4.79 Å². The Hall–Kier alpha value is -3.35. The molecule has 0 aliphatic carbocycles. The summed E-state index contributed by atoms with van der Waals surface area (Å²) in [5, 5.41) is 4.69. The largest absolute Gasteiger partial charge is 0.488 e. The maximum Gasteiger partial charge on any atom is 0.274 e. The number of nitrogens with zero attached hydrogens (tertiary/aromatic N) is 4. The van der Waals surface area contributed by atoms with Crippen molar-refractivity contribution < 1.29 is 9.26 Å². The summed E-state index contributed by atoms with van der Waals surface area (Å²) in [7, 11) is 1.78. The van der Waals surface area contributed by atoms with Gasteiger partial charge in [0.25, 0.3) is 5.56 Å². The number of hydrogen-bond acceptors (Lipinski definition) is 5. The van der Waals surface area contributed by atoms with E-state index >= 15 is 0 Å². The predicted molar refractivity (Wildman–Crippen MR) is 100 cm³/mol. The van der Waals surface area contributed by atoms with Gasteiger partial charge in [0, 0.05) is 18.8 Å². The lowest BCUT2D eigenvalue weighted by atomic mass is 10.00. The third kappa shape index (κ3) is 2.11. The fourth-order valence-electron chi connectivity index (χ4n) is 3.99. The SMILES string of the molecule is Cc1noc(C)c1-c1ccc2c(=O)n(C)n3c2c1OCC3c1ccccn1. The smallest absolute Gasteiger partial charge is 0.274 e. The van der Waals surface area contributed by atoms with Crippen LogP contribution in [0.4, 0.5) is 0 Å². The van der Waals surface area contributed by atoms with Gasteiger partial charge in [0.05, 0.1) is 22.3 Å². The number of hydrogen-bond donors (Lipinski definition) is 0. The van der Waals surface area contributed by atoms with Gasteiger partial charge >= 0.3 is 0 Å². The molecular formula is C20H18N4O3. The fourth-order valence-corrected chi connectivity index (χ4v) is 3.99. The Balaban J connectivity index is 1.85. The zero-order chi connectivity index (χ0) is 18.7. The fraction of sp³-hybridized carbons (Fsp3) is 0.250. The van der Waals surface area contributed by atoms with Crippen LogP contribution in [0.15, 0.2) is 45.8 Å². The van der Waals surface area contributed by atoms with Gasteiger partial charge in [-0.2, -0.15) is 0 Å². The third-order valence-corrected chi connectivity index (χ3v) is 5.22. The van der Waals surface area contributed by atoms with Crippen LogP contribution < -0.4 is 10.3 Å². The molecule has 0 saturated carbocycles. The molecule has 0 bridgehead atoms. The van der Waals surface area contributed by atoms with Gasteiger partial charge in [-0.25, -0.2) is 0 Å². The summed E-state index contributed by atoms with van der Waals surface area (Å²) in [6.07, 6.45) is 1.75. The minimum Gasteiger partial charge on any atom is -0.488 e. The Morgan fingerprint density at radius 2 is 2.04 bits per heavy atom. The van der Waals surface area contributed by atoms with E-state index in [2.05, 4.69) is 10.1 Å². The molecule has 0 radical (unpaired) electrons. The molecule has 7 nitrogen and oxygen atoms in total. The lowest BCUT2D eigenvalue weighted by Crippen LogP contribution is -2.30. The maximum atomic E-state index is 12.8. The topological polar surface area (TPSA) is 75.1 Å². The second-order valence-corrected chi connectivity index (χ2v) is 6.79. The number of benzene rings is 1. The molecule has 0 saturated heterocycles. The maximum absolute atomic E-state index is 12.8. The molecule has 1 aliphatic heterocycles. The summed E-state index contributed by atoms with van der Waals surface area (Å²) in [6, 6.07) is 9.36. The summed E-state index contributed by atoms with van der Waals surface area (Å²) < 4.78 is 15.2. The normalized spacial score (nSPS) is 15.9. The molecule has 3 aromatic heterocycles. The first-order chi connectivity index (χ1) is 13.1. The van der Waals surface area contributed by atoms with Gasteiger partial charge in [-0.05, 0) is 38.1 Å². The summed E-state index contributed by atoms with van der Waals surface area (Å²) >= 11 is 0. The van der Waals surface area contributed by atoms with Crippen molar-refractivity contribution in [2.45, 2.75) is 19.9 Å². The number of aromatic nitrogens is 4. The quantitative estimate of drug-likeness (QED) is 0.548. The first kappa shape index (κ1) is 15.9. The Morgan fingerprint density at radius 1 is 1.19 bits per heavy atom. The van der Waals surface area contributed by atoms with Crippen molar-refractivity contribution in [1.29, 1.82) is 0 Å². The highest BCUT2D eigenvalue weighted by molar-refractivity contribution is 5.94. The molecule has 1 aliphatic rings. The van der Waals surface area contributed by atoms with Crippen molar-refractivity contribution in [3.8, 4) is 16.9 Å². The van der Waals surface area contributed by atoms with E-state index in [4.69, 9.17) is 9.26 Å². The number of ether oxygens (including phenoxy) is 1. The second kappa shape index (κ2) is 5.57. The minimum absolute atomic E-state index is 0.0528. The molecule has 136 valence electrons. The van der Waals surface area contributed by atoms with E-state index in [1.807, 2.05) is 48.9 Å². The van der Waals surface area contributed by atoms with Crippen molar-refractivity contribution in [2.75, 3.05) is 6.61 Å². The van der Waals surface area contributed by atoms with Crippen LogP contribution in [-0.2, 0) is 7.05 Å². The van der Waals surface area contributed by atoms with E-state index in [1.165, 1.54) is 0 Å². The van der Waals surface area contributed by atoms with Gasteiger partial charge in [0.1, 0.15) is 23.9 Å². The third-order valence-electron chi connectivity index (χ3n) is 5.22. The Bertz CT molecular complexity index is 1210. The van der Waals surface area contributed by atoms with Gasteiger partial charge in [-0.1, -0.05) is 11.2 Å². The van der Waals surface area contributed by atoms with Crippen molar-refractivity contribution in [1.82, 2.24) is 19.5 Å². The van der Waals surface area contributed by atoms with Gasteiger partial charge in [0.15, 0.2) is 5.75 Å². The van der Waals surface area contributed by atoms with E-state index in [1.54, 1.807) is 17.9 Å². The molecule has 7 heteroatoms. The molecule has 0 amide bonds. The molecular weight excluding hydrogens is 344 g/mol. The van der Waals surface area contributed by atoms with Crippen molar-refractivity contribution >= 4 is 10.9 Å². The van der Waals surface area contributed by atoms with Crippen molar-refractivity contribution in [3.63, 3.8) is 0 Å². The zero-order valence-electron chi connectivity index (χ0n) is 15.3. The molecule has 4 heterocycles. The molecule has 1 atom stereocenters. The van der Waals surface area contributed by atoms with Crippen molar-refractivity contribution in [2.24, 2.45) is 7.05 Å². The summed E-state index contributed by atoms with van der Waals surface area (Å²) in [6.45, 7) is 4.17. The van der Waals surface area contributed by atoms with Crippen LogP contribution in [0.25, 0.3) is 22.0 Å². The monoisotopic (exact) mass is 362 g/mol. The first-order valence-electron chi connectivity index (χ1n) is 8.79. The van der Waals surface area contributed by atoms with Gasteiger partial charge < -0.3 is 9.26 Å². The highest BCUT2D eigenvalue weighted by Gasteiger charge is 2.31. The molecule has 5 rings (SSSR count). The molecule has 27 heavy (non-hydrogen) atoms. The summed E-state index contributed by atoms with van der Waals surface area (Å²) in [5.74, 6) is 1.41. The van der Waals surface area contributed by atoms with Gasteiger partial charge in [-0.15, -0.1) is 0 Å². The highest BCUT2D eigenvalue weighted by atomic mass is 16.5. The highest BCUT2D eigenvalue weighted by Crippen LogP contribution is 2.42. The van der Waals surface area contributed by atoms with Gasteiger partial charge in [0.2, 0.25) is 0 Å². The van der Waals surface area contributed by atoms with Crippen LogP contribution in [0.1, 0.15) is 23.2 Å². The number of aryl methyl sites for hydroxylation is 2. The van der Waals surface area contributed by atoms with E-state index in [-0.39, 0.29) is 11.6 Å². The molecule has 0 spiro atoms. The Kier molecular flexibility index (Phi) is 3.28. The predicted octanol–water partition coefficient (Wildman–Crippen LogP) is 2.99. The van der Waals surface area contributed by atoms with Crippen molar-refractivity contribution in [3.05, 3.63) is 64.0 Å². The molecule has 1 unspecified atom stereocenters. The first-order valence-corrected chi connectivity index (χ1v) is 8.79. The second-order valence-electron chi connectivity index (χ2n) is 6.79. The van der Waals surface area contributed by atoms with Crippen LogP contribution in [0, 0.1) is 13.8 Å². The molecule has 0 fully saturated rings. The Labute approximate surface area is 154 Å². The summed E-state index contributed by atoms with van der Waals surface area (Å²) in [5.41, 5.74) is 4.18. The lowest BCUT2D eigenvalue weighted by molar-refractivity contribution is 0.234. The standard InChI is InChI=1S/C20H18N4O3/c1-11-17(12(2)27-22-11)13-7-8-14-18-19(13)26-10-16(15-6-4-5-9-21-15)24(18)23(3)20(14)25/h4-9,16H,10H2,1-3H3. The average Bonchev–Trinajstić information content (AvgIpc) is 3.16. The molecule has 4 aromatic rings. The zero-order valence-corrected chi connectivity index (χ0v) is 15.3. The van der Waals surface area contributed by atoms with E-state index in [0.29, 0.717) is 17.7 Å². The number of rotatable bonds is 2. The van der Waals surface area contributed by atoms with Gasteiger partial charge in [-0.3, -0.25) is 19.1 Å². The van der Waals surface area contributed by atoms with Crippen LogP contribution in [-0.4, -0.2) is 26.1 Å². The van der Waals surface area contributed by atoms with Crippen LogP contribution in [0.5, 0.6) is 5.75 Å². The lowest BCUT2D eigenvalue weighted by Gasteiger charge is -2.28. The number of pyridine rings is 1. The molecule has 1 aromatic carbocycles. The van der Waals surface area contributed by atoms with E-state index < -0.39 is 0 Å². The van der Waals surface area contributed by atoms with E-state index in [0.717, 1.165) is 33.8 Å². The summed E-state index contributed by atoms with van der Waals surface area (Å²) in [4.78, 5) is 17.3. The van der Waals surface area contributed by atoms with Crippen LogP contribution >= 0.6 is 0 Å². The minimum atomic E-state index is -0.172. The van der Waals surface area contributed by atoms with Crippen LogP contribution in [0.2, 0.25) is 0 Å².